The second-order valence-corrected chi connectivity index (χ2v) is 7.45. The van der Waals surface area contributed by atoms with Crippen molar-refractivity contribution in [3.63, 3.8) is 0 Å². The van der Waals surface area contributed by atoms with Crippen molar-refractivity contribution in [3.05, 3.63) is 53.7 Å². The fourth-order valence-electron chi connectivity index (χ4n) is 3.88. The number of ether oxygens (including phenoxy) is 1. The Bertz CT molecular complexity index is 1090. The minimum absolute atomic E-state index is 0.0973. The van der Waals surface area contributed by atoms with Gasteiger partial charge in [0.25, 0.3) is 0 Å². The number of aromatic nitrogens is 2. The van der Waals surface area contributed by atoms with Crippen LogP contribution >= 0.6 is 0 Å². The normalized spacial score (nSPS) is 19.5. The molecule has 2 N–H and O–H groups in total. The van der Waals surface area contributed by atoms with Gasteiger partial charge in [-0.3, -0.25) is 5.10 Å². The van der Waals surface area contributed by atoms with Crippen molar-refractivity contribution in [2.45, 2.75) is 38.0 Å². The van der Waals surface area contributed by atoms with Crippen LogP contribution in [0.4, 0.5) is 18.9 Å². The van der Waals surface area contributed by atoms with Crippen LogP contribution in [0.15, 0.2) is 47.6 Å². The highest BCUT2D eigenvalue weighted by Crippen LogP contribution is 2.44. The molecular formula is C21H20F3N3O2. The molecule has 8 heteroatoms. The van der Waals surface area contributed by atoms with E-state index in [0.29, 0.717) is 22.2 Å². The average Bonchev–Trinajstić information content (AvgIpc) is 3.13. The lowest BCUT2D eigenvalue weighted by molar-refractivity contribution is -0.0768. The summed E-state index contributed by atoms with van der Waals surface area (Å²) in [7, 11) is 0. The summed E-state index contributed by atoms with van der Waals surface area (Å²) in [4.78, 5) is 3.91. The van der Waals surface area contributed by atoms with Gasteiger partial charge in [-0.25, -0.2) is 4.99 Å². The first-order valence-corrected chi connectivity index (χ1v) is 9.22. The van der Waals surface area contributed by atoms with E-state index in [9.17, 15) is 18.3 Å². The monoisotopic (exact) mass is 403 g/mol. The Balaban J connectivity index is 1.85. The summed E-state index contributed by atoms with van der Waals surface area (Å²) in [5, 5.41) is 18.2. The molecule has 0 aliphatic carbocycles. The molecule has 0 spiro atoms. The largest absolute Gasteiger partial charge is 0.493 e. The highest BCUT2D eigenvalue weighted by molar-refractivity contribution is 6.02. The number of alkyl halides is 3. The van der Waals surface area contributed by atoms with E-state index in [2.05, 4.69) is 15.2 Å². The van der Waals surface area contributed by atoms with Crippen LogP contribution in [0.1, 0.15) is 30.4 Å². The Morgan fingerprint density at radius 1 is 1.28 bits per heavy atom. The van der Waals surface area contributed by atoms with Crippen LogP contribution in [0.25, 0.3) is 10.9 Å². The van der Waals surface area contributed by atoms with Crippen LogP contribution in [0.5, 0.6) is 5.75 Å². The number of aromatic amines is 1. The lowest BCUT2D eigenvalue weighted by Crippen LogP contribution is -2.50. The van der Waals surface area contributed by atoms with E-state index in [1.54, 1.807) is 30.3 Å². The molecule has 5 nitrogen and oxygen atoms in total. The summed E-state index contributed by atoms with van der Waals surface area (Å²) < 4.78 is 47.8. The van der Waals surface area contributed by atoms with Crippen molar-refractivity contribution in [2.24, 2.45) is 4.99 Å². The molecule has 0 bridgehead atoms. The van der Waals surface area contributed by atoms with E-state index in [4.69, 9.17) is 4.74 Å². The van der Waals surface area contributed by atoms with Gasteiger partial charge in [0.1, 0.15) is 11.4 Å². The summed E-state index contributed by atoms with van der Waals surface area (Å²) >= 11 is 0. The lowest BCUT2D eigenvalue weighted by Gasteiger charge is -2.38. The molecule has 1 aliphatic heterocycles. The number of aliphatic hydroxyl groups is 1. The minimum Gasteiger partial charge on any atom is -0.493 e. The minimum atomic E-state index is -4.82. The van der Waals surface area contributed by atoms with E-state index in [-0.39, 0.29) is 18.7 Å². The zero-order valence-electron chi connectivity index (χ0n) is 15.9. The summed E-state index contributed by atoms with van der Waals surface area (Å²) in [5.74, 6) is -0.309. The van der Waals surface area contributed by atoms with Gasteiger partial charge in [-0.1, -0.05) is 18.2 Å². The number of aliphatic imine (C=N–C) groups is 1. The first kappa shape index (κ1) is 19.4. The maximum absolute atomic E-state index is 14.1. The number of aryl methyl sites for hydroxylation is 1. The van der Waals surface area contributed by atoms with Gasteiger partial charge in [-0.05, 0) is 44.0 Å². The molecule has 1 aromatic heterocycles. The molecule has 0 radical (unpaired) electrons. The van der Waals surface area contributed by atoms with Gasteiger partial charge in [0.2, 0.25) is 0 Å². The number of nitrogens with one attached hydrogen (secondary N) is 1. The van der Waals surface area contributed by atoms with Crippen LogP contribution in [0.2, 0.25) is 0 Å². The van der Waals surface area contributed by atoms with Crippen LogP contribution < -0.4 is 4.74 Å². The number of rotatable bonds is 3. The van der Waals surface area contributed by atoms with Crippen molar-refractivity contribution in [2.75, 3.05) is 6.61 Å². The van der Waals surface area contributed by atoms with Gasteiger partial charge in [0.15, 0.2) is 5.71 Å². The lowest BCUT2D eigenvalue weighted by atomic mass is 9.76. The number of halogens is 3. The molecule has 0 amide bonds. The smallest absolute Gasteiger partial charge is 0.432 e. The fraction of sp³-hybridized carbons (Fsp3) is 0.333. The molecule has 0 fully saturated rings. The second-order valence-electron chi connectivity index (χ2n) is 7.45. The maximum atomic E-state index is 14.1. The molecule has 152 valence electrons. The maximum Gasteiger partial charge on any atom is 0.432 e. The summed E-state index contributed by atoms with van der Waals surface area (Å²) in [6.07, 6.45) is -3.16. The van der Waals surface area contributed by atoms with E-state index in [1.807, 2.05) is 6.92 Å². The Kier molecular flexibility index (Phi) is 4.61. The number of hydrogen-bond donors (Lipinski definition) is 2. The number of nitrogens with zero attached hydrogens (tertiary/aromatic N) is 2. The molecule has 2 heterocycles. The third-order valence-corrected chi connectivity index (χ3v) is 5.33. The number of hydrogen-bond acceptors (Lipinski definition) is 4. The molecular weight excluding hydrogens is 383 g/mol. The summed E-state index contributed by atoms with van der Waals surface area (Å²) in [6, 6.07) is 10.1. The molecule has 1 aliphatic rings. The average molecular weight is 403 g/mol. The van der Waals surface area contributed by atoms with Gasteiger partial charge in [0.05, 0.1) is 24.0 Å². The highest BCUT2D eigenvalue weighted by atomic mass is 19.4. The van der Waals surface area contributed by atoms with Crippen LogP contribution in [-0.2, 0) is 0 Å². The predicted octanol–water partition coefficient (Wildman–Crippen LogP) is 4.82. The zero-order valence-corrected chi connectivity index (χ0v) is 15.9. The van der Waals surface area contributed by atoms with Crippen LogP contribution in [0.3, 0.4) is 0 Å². The quantitative estimate of drug-likeness (QED) is 0.616. The fourth-order valence-corrected chi connectivity index (χ4v) is 3.88. The van der Waals surface area contributed by atoms with Crippen LogP contribution in [-0.4, -0.2) is 39.4 Å². The zero-order chi connectivity index (χ0) is 20.8. The van der Waals surface area contributed by atoms with Crippen molar-refractivity contribution in [1.29, 1.82) is 0 Å². The van der Waals surface area contributed by atoms with Gasteiger partial charge < -0.3 is 9.84 Å². The van der Waals surface area contributed by atoms with Crippen molar-refractivity contribution in [1.82, 2.24) is 10.2 Å². The van der Waals surface area contributed by atoms with Crippen molar-refractivity contribution >= 4 is 22.3 Å². The molecule has 2 aromatic carbocycles. The van der Waals surface area contributed by atoms with E-state index in [0.717, 1.165) is 5.56 Å². The Labute approximate surface area is 165 Å². The van der Waals surface area contributed by atoms with E-state index in [1.165, 1.54) is 19.2 Å². The number of benzene rings is 2. The first-order valence-electron chi connectivity index (χ1n) is 9.22. The molecule has 3 aromatic rings. The highest BCUT2D eigenvalue weighted by Gasteiger charge is 2.52. The summed E-state index contributed by atoms with van der Waals surface area (Å²) in [5.41, 5.74) is -1.35. The summed E-state index contributed by atoms with van der Waals surface area (Å²) in [6.45, 7) is 3.27. The van der Waals surface area contributed by atoms with E-state index >= 15 is 0 Å². The Morgan fingerprint density at radius 2 is 2.07 bits per heavy atom. The topological polar surface area (TPSA) is 70.5 Å². The molecule has 2 atom stereocenters. The van der Waals surface area contributed by atoms with Gasteiger partial charge in [0, 0.05) is 16.9 Å². The molecule has 29 heavy (non-hydrogen) atoms. The van der Waals surface area contributed by atoms with Gasteiger partial charge in [-0.2, -0.15) is 18.3 Å². The molecule has 2 unspecified atom stereocenters. The standard InChI is InChI=1S/C21H20F3N3O2/c1-12-6-7-13-15(8-9-29-18(13)10-12)20(2,28)19(21(22,23)24)26-16-4-3-5-17-14(16)11-25-27-17/h3-7,10-11,15,28H,8-9H2,1-2H3,(H,25,27). The molecule has 0 saturated carbocycles. The van der Waals surface area contributed by atoms with Crippen molar-refractivity contribution in [3.8, 4) is 5.75 Å². The van der Waals surface area contributed by atoms with Crippen LogP contribution in [0, 0.1) is 6.92 Å². The Morgan fingerprint density at radius 3 is 2.83 bits per heavy atom. The second kappa shape index (κ2) is 6.88. The number of H-pyrrole nitrogens is 1. The van der Waals surface area contributed by atoms with E-state index < -0.39 is 23.4 Å². The third kappa shape index (κ3) is 3.48. The SMILES string of the molecule is Cc1ccc2c(c1)OCCC2C(C)(O)C(=Nc1cccc2[nH]ncc12)C(F)(F)F. The number of fused-ring (bicyclic) bond motifs is 2. The first-order chi connectivity index (χ1) is 13.7. The molecule has 0 saturated heterocycles. The Hall–Kier alpha value is -2.87. The predicted molar refractivity (Wildman–Crippen MR) is 104 cm³/mol. The van der Waals surface area contributed by atoms with Gasteiger partial charge in [-0.15, -0.1) is 0 Å². The molecule has 4 rings (SSSR count). The van der Waals surface area contributed by atoms with Gasteiger partial charge >= 0.3 is 6.18 Å². The third-order valence-electron chi connectivity index (χ3n) is 5.33. The van der Waals surface area contributed by atoms with Crippen molar-refractivity contribution < 1.29 is 23.0 Å².